The van der Waals surface area contributed by atoms with Gasteiger partial charge in [-0.3, -0.25) is 10.0 Å². The molecule has 3 rings (SSSR count). The molecule has 18 heavy (non-hydrogen) atoms. The third-order valence-electron chi connectivity index (χ3n) is 3.04. The molecular formula is C14H11NO3. The maximum absolute atomic E-state index is 11.4. The van der Waals surface area contributed by atoms with Crippen molar-refractivity contribution >= 4 is 11.5 Å². The standard InChI is InChI=1S/C14H11NO3/c16-14(15-17)9-5-6-10-8-18-13-4-2-1-3-11(13)12(10)7-9/h1-9,17H,(H,15,16). The number of hydrogen-bond acceptors (Lipinski definition) is 3. The topological polar surface area (TPSA) is 58.6 Å². The molecule has 0 radical (unpaired) electrons. The van der Waals surface area contributed by atoms with Crippen molar-refractivity contribution in [2.24, 2.45) is 5.92 Å². The molecule has 2 N–H and O–H groups in total. The predicted molar refractivity (Wildman–Crippen MR) is 65.7 cm³/mol. The summed E-state index contributed by atoms with van der Waals surface area (Å²) in [6, 6.07) is 7.64. The Labute approximate surface area is 104 Å². The van der Waals surface area contributed by atoms with Gasteiger partial charge in [-0.25, -0.2) is 5.48 Å². The number of allylic oxidation sites excluding steroid dienone is 3. The number of benzene rings is 1. The smallest absolute Gasteiger partial charge is 0.254 e. The highest BCUT2D eigenvalue weighted by Gasteiger charge is 2.23. The van der Waals surface area contributed by atoms with Crippen molar-refractivity contribution in [3.8, 4) is 5.75 Å². The molecule has 1 atom stereocenters. The SMILES string of the molecule is O=C(NO)C1C=CC2=COc3ccccc3C2=C1. The summed E-state index contributed by atoms with van der Waals surface area (Å²) in [5.41, 5.74) is 4.50. The molecule has 0 saturated carbocycles. The Kier molecular flexibility index (Phi) is 2.50. The summed E-state index contributed by atoms with van der Waals surface area (Å²) in [4.78, 5) is 11.4. The first-order valence-corrected chi connectivity index (χ1v) is 5.60. The van der Waals surface area contributed by atoms with Crippen LogP contribution in [0.4, 0.5) is 0 Å². The lowest BCUT2D eigenvalue weighted by Gasteiger charge is -2.23. The van der Waals surface area contributed by atoms with Gasteiger partial charge in [-0.2, -0.15) is 0 Å². The Morgan fingerprint density at radius 1 is 1.33 bits per heavy atom. The fourth-order valence-electron chi connectivity index (χ4n) is 2.13. The van der Waals surface area contributed by atoms with Crippen LogP contribution in [0.2, 0.25) is 0 Å². The van der Waals surface area contributed by atoms with Gasteiger partial charge in [0.15, 0.2) is 0 Å². The second kappa shape index (κ2) is 4.16. The second-order valence-corrected chi connectivity index (χ2v) is 4.13. The number of amides is 1. The lowest BCUT2D eigenvalue weighted by molar-refractivity contribution is -0.130. The van der Waals surface area contributed by atoms with E-state index in [1.165, 1.54) is 0 Å². The third kappa shape index (κ3) is 1.63. The molecular weight excluding hydrogens is 230 g/mol. The molecule has 0 aromatic heterocycles. The summed E-state index contributed by atoms with van der Waals surface area (Å²) in [5, 5.41) is 8.68. The van der Waals surface area contributed by atoms with Gasteiger partial charge in [0.25, 0.3) is 5.91 Å². The van der Waals surface area contributed by atoms with Crippen molar-refractivity contribution in [1.82, 2.24) is 5.48 Å². The molecule has 0 bridgehead atoms. The van der Waals surface area contributed by atoms with Crippen LogP contribution in [-0.2, 0) is 4.79 Å². The Hall–Kier alpha value is -2.33. The van der Waals surface area contributed by atoms with E-state index in [1.807, 2.05) is 36.4 Å². The molecule has 4 heteroatoms. The van der Waals surface area contributed by atoms with E-state index < -0.39 is 11.8 Å². The molecule has 1 heterocycles. The molecule has 1 aromatic carbocycles. The number of hydrogen-bond donors (Lipinski definition) is 2. The van der Waals surface area contributed by atoms with E-state index in [9.17, 15) is 4.79 Å². The maximum atomic E-state index is 11.4. The van der Waals surface area contributed by atoms with Crippen LogP contribution >= 0.6 is 0 Å². The molecule has 4 nitrogen and oxygen atoms in total. The number of fused-ring (bicyclic) bond motifs is 3. The summed E-state index contributed by atoms with van der Waals surface area (Å²) in [7, 11) is 0. The largest absolute Gasteiger partial charge is 0.464 e. The third-order valence-corrected chi connectivity index (χ3v) is 3.04. The van der Waals surface area contributed by atoms with E-state index in [2.05, 4.69) is 0 Å². The van der Waals surface area contributed by atoms with Gasteiger partial charge in [0.2, 0.25) is 0 Å². The number of carbonyl (C=O) groups is 1. The fourth-order valence-corrected chi connectivity index (χ4v) is 2.13. The maximum Gasteiger partial charge on any atom is 0.254 e. The molecule has 0 saturated heterocycles. The van der Waals surface area contributed by atoms with Gasteiger partial charge >= 0.3 is 0 Å². The minimum Gasteiger partial charge on any atom is -0.464 e. The van der Waals surface area contributed by atoms with Crippen molar-refractivity contribution in [3.05, 3.63) is 59.9 Å². The van der Waals surface area contributed by atoms with Gasteiger partial charge in [-0.05, 0) is 11.6 Å². The first-order valence-electron chi connectivity index (χ1n) is 5.60. The second-order valence-electron chi connectivity index (χ2n) is 4.13. The molecule has 0 fully saturated rings. The van der Waals surface area contributed by atoms with Crippen LogP contribution in [0.15, 0.2) is 54.3 Å². The van der Waals surface area contributed by atoms with Gasteiger partial charge in [0.1, 0.15) is 5.75 Å². The Morgan fingerprint density at radius 2 is 2.17 bits per heavy atom. The lowest BCUT2D eigenvalue weighted by atomic mass is 9.87. The van der Waals surface area contributed by atoms with E-state index in [4.69, 9.17) is 9.94 Å². The monoisotopic (exact) mass is 241 g/mol. The number of nitrogens with one attached hydrogen (secondary N) is 1. The first-order chi connectivity index (χ1) is 8.79. The Morgan fingerprint density at radius 3 is 3.00 bits per heavy atom. The fraction of sp³-hybridized carbons (Fsp3) is 0.0714. The zero-order valence-corrected chi connectivity index (χ0v) is 9.46. The molecule has 90 valence electrons. The summed E-state index contributed by atoms with van der Waals surface area (Å²) >= 11 is 0. The van der Waals surface area contributed by atoms with E-state index in [-0.39, 0.29) is 0 Å². The number of ether oxygens (including phenoxy) is 1. The number of para-hydroxylation sites is 1. The summed E-state index contributed by atoms with van der Waals surface area (Å²) in [5.74, 6) is -0.138. The summed E-state index contributed by atoms with van der Waals surface area (Å²) < 4.78 is 5.51. The van der Waals surface area contributed by atoms with Crippen molar-refractivity contribution in [2.75, 3.05) is 0 Å². The molecule has 2 aliphatic rings. The first kappa shape index (κ1) is 10.8. The highest BCUT2D eigenvalue weighted by molar-refractivity contribution is 5.92. The minimum absolute atomic E-state index is 0.443. The zero-order chi connectivity index (χ0) is 12.5. The van der Waals surface area contributed by atoms with Crippen LogP contribution in [0, 0.1) is 5.92 Å². The number of hydroxylamine groups is 1. The van der Waals surface area contributed by atoms with Crippen molar-refractivity contribution in [2.45, 2.75) is 0 Å². The molecule has 1 unspecified atom stereocenters. The zero-order valence-electron chi connectivity index (χ0n) is 9.46. The molecule has 1 aromatic rings. The van der Waals surface area contributed by atoms with Crippen molar-refractivity contribution < 1.29 is 14.7 Å². The van der Waals surface area contributed by atoms with Crippen LogP contribution in [0.1, 0.15) is 5.56 Å². The highest BCUT2D eigenvalue weighted by Crippen LogP contribution is 2.38. The van der Waals surface area contributed by atoms with Crippen LogP contribution < -0.4 is 10.2 Å². The van der Waals surface area contributed by atoms with Crippen LogP contribution in [-0.4, -0.2) is 11.1 Å². The predicted octanol–water partition coefficient (Wildman–Crippen LogP) is 2.04. The van der Waals surface area contributed by atoms with Crippen LogP contribution in [0.5, 0.6) is 5.75 Å². The van der Waals surface area contributed by atoms with E-state index >= 15 is 0 Å². The van der Waals surface area contributed by atoms with E-state index in [0.717, 1.165) is 22.5 Å². The highest BCUT2D eigenvalue weighted by atomic mass is 16.5. The molecule has 1 aliphatic heterocycles. The van der Waals surface area contributed by atoms with Gasteiger partial charge in [-0.1, -0.05) is 36.4 Å². The summed E-state index contributed by atoms with van der Waals surface area (Å²) in [6.45, 7) is 0. The van der Waals surface area contributed by atoms with Crippen molar-refractivity contribution in [3.63, 3.8) is 0 Å². The Balaban J connectivity index is 2.06. The molecule has 1 aliphatic carbocycles. The number of rotatable bonds is 1. The van der Waals surface area contributed by atoms with Gasteiger partial charge in [0.05, 0.1) is 12.2 Å². The molecule has 0 spiro atoms. The molecule has 1 amide bonds. The van der Waals surface area contributed by atoms with E-state index in [0.29, 0.717) is 0 Å². The van der Waals surface area contributed by atoms with Gasteiger partial charge in [0, 0.05) is 11.1 Å². The van der Waals surface area contributed by atoms with Gasteiger partial charge in [-0.15, -0.1) is 0 Å². The number of carbonyl (C=O) groups excluding carboxylic acids is 1. The van der Waals surface area contributed by atoms with Gasteiger partial charge < -0.3 is 4.74 Å². The quantitative estimate of drug-likeness (QED) is 0.584. The summed E-state index contributed by atoms with van der Waals surface area (Å²) in [6.07, 6.45) is 7.03. The van der Waals surface area contributed by atoms with Crippen LogP contribution in [0.3, 0.4) is 0 Å². The normalized spacial score (nSPS) is 19.9. The Bertz CT molecular complexity index is 599. The van der Waals surface area contributed by atoms with Crippen molar-refractivity contribution in [1.29, 1.82) is 0 Å². The van der Waals surface area contributed by atoms with E-state index in [1.54, 1.807) is 17.8 Å². The minimum atomic E-state index is -0.465. The average Bonchev–Trinajstić information content (AvgIpc) is 2.45. The average molecular weight is 241 g/mol. The lowest BCUT2D eigenvalue weighted by Crippen LogP contribution is -2.26. The van der Waals surface area contributed by atoms with Crippen LogP contribution in [0.25, 0.3) is 5.57 Å².